The number of carbonyl (C=O) groups is 2. The average molecular weight is 347 g/mol. The van der Waals surface area contributed by atoms with Crippen molar-refractivity contribution in [3.05, 3.63) is 29.8 Å². The molecule has 0 bridgehead atoms. The number of amides is 1. The summed E-state index contributed by atoms with van der Waals surface area (Å²) in [7, 11) is 0. The van der Waals surface area contributed by atoms with Crippen LogP contribution in [0.4, 0.5) is 0 Å². The lowest BCUT2D eigenvalue weighted by Gasteiger charge is -2.23. The van der Waals surface area contributed by atoms with Gasteiger partial charge in [-0.1, -0.05) is 6.07 Å². The first-order valence-corrected chi connectivity index (χ1v) is 8.32. The first-order valence-electron chi connectivity index (χ1n) is 8.32. The highest BCUT2D eigenvalue weighted by atomic mass is 16.7. The van der Waals surface area contributed by atoms with Crippen molar-refractivity contribution in [3.63, 3.8) is 0 Å². The maximum Gasteiger partial charge on any atom is 0.305 e. The van der Waals surface area contributed by atoms with Crippen molar-refractivity contribution in [1.29, 1.82) is 0 Å². The fourth-order valence-corrected chi connectivity index (χ4v) is 2.85. The Morgan fingerprint density at radius 2 is 2.12 bits per heavy atom. The summed E-state index contributed by atoms with van der Waals surface area (Å²) in [5, 5.41) is 8.89. The lowest BCUT2D eigenvalue weighted by Crippen LogP contribution is -2.37. The monoisotopic (exact) mass is 347 g/mol. The molecule has 1 unspecified atom stereocenters. The zero-order chi connectivity index (χ0) is 17.6. The molecular formula is C18H21NO6. The average Bonchev–Trinajstić information content (AvgIpc) is 3.27. The normalized spacial score (nSPS) is 18.6. The lowest BCUT2D eigenvalue weighted by atomic mass is 10.1. The minimum atomic E-state index is -0.926. The zero-order valence-electron chi connectivity index (χ0n) is 13.8. The van der Waals surface area contributed by atoms with Gasteiger partial charge in [0.1, 0.15) is 0 Å². The van der Waals surface area contributed by atoms with E-state index in [1.807, 2.05) is 6.07 Å². The second kappa shape index (κ2) is 8.02. The van der Waals surface area contributed by atoms with E-state index in [2.05, 4.69) is 0 Å². The first-order chi connectivity index (χ1) is 12.1. The SMILES string of the molecule is O=C(O)CCN(CC1CCCO1)C(=O)/C=C/c1ccc2c(c1)OCO2. The van der Waals surface area contributed by atoms with E-state index in [0.717, 1.165) is 18.4 Å². The molecule has 1 fully saturated rings. The largest absolute Gasteiger partial charge is 0.481 e. The molecule has 1 aromatic rings. The lowest BCUT2D eigenvalue weighted by molar-refractivity contribution is -0.138. The molecule has 0 aromatic heterocycles. The Bertz CT molecular complexity index is 666. The number of ether oxygens (including phenoxy) is 3. The van der Waals surface area contributed by atoms with Gasteiger partial charge in [-0.05, 0) is 36.6 Å². The molecule has 0 radical (unpaired) electrons. The van der Waals surface area contributed by atoms with Crippen LogP contribution in [-0.4, -0.2) is 54.5 Å². The summed E-state index contributed by atoms with van der Waals surface area (Å²) in [5.41, 5.74) is 0.813. The van der Waals surface area contributed by atoms with Crippen LogP contribution >= 0.6 is 0 Å². The second-order valence-corrected chi connectivity index (χ2v) is 6.01. The molecule has 0 aliphatic carbocycles. The van der Waals surface area contributed by atoms with Crippen molar-refractivity contribution in [1.82, 2.24) is 4.90 Å². The number of rotatable bonds is 7. The smallest absolute Gasteiger partial charge is 0.305 e. The number of carboxylic acids is 1. The Morgan fingerprint density at radius 3 is 2.88 bits per heavy atom. The fraction of sp³-hybridized carbons (Fsp3) is 0.444. The highest BCUT2D eigenvalue weighted by Gasteiger charge is 2.22. The van der Waals surface area contributed by atoms with Gasteiger partial charge in [0, 0.05) is 25.8 Å². The van der Waals surface area contributed by atoms with Gasteiger partial charge in [0.25, 0.3) is 0 Å². The Balaban J connectivity index is 1.64. The van der Waals surface area contributed by atoms with Crippen molar-refractivity contribution < 1.29 is 28.9 Å². The van der Waals surface area contributed by atoms with Gasteiger partial charge >= 0.3 is 5.97 Å². The van der Waals surface area contributed by atoms with Crippen LogP contribution in [0.1, 0.15) is 24.8 Å². The van der Waals surface area contributed by atoms with Crippen molar-refractivity contribution in [2.75, 3.05) is 26.5 Å². The number of carboxylic acid groups (broad SMARTS) is 1. The number of hydrogen-bond acceptors (Lipinski definition) is 5. The topological polar surface area (TPSA) is 85.3 Å². The zero-order valence-corrected chi connectivity index (χ0v) is 13.8. The fourth-order valence-electron chi connectivity index (χ4n) is 2.85. The third-order valence-corrected chi connectivity index (χ3v) is 4.17. The van der Waals surface area contributed by atoms with Gasteiger partial charge in [0.2, 0.25) is 12.7 Å². The van der Waals surface area contributed by atoms with Gasteiger partial charge in [-0.2, -0.15) is 0 Å². The summed E-state index contributed by atoms with van der Waals surface area (Å²) in [6.07, 6.45) is 4.90. The standard InChI is InChI=1S/C18H21NO6/c20-17(6-4-13-3-5-15-16(10-13)25-12-24-15)19(8-7-18(21)22)11-14-2-1-9-23-14/h3-6,10,14H,1-2,7-9,11-12H2,(H,21,22)/b6-4+. The van der Waals surface area contributed by atoms with E-state index >= 15 is 0 Å². The van der Waals surface area contributed by atoms with Crippen molar-refractivity contribution in [2.24, 2.45) is 0 Å². The van der Waals surface area contributed by atoms with Gasteiger partial charge in [-0.3, -0.25) is 9.59 Å². The van der Waals surface area contributed by atoms with Crippen LogP contribution in [0.15, 0.2) is 24.3 Å². The second-order valence-electron chi connectivity index (χ2n) is 6.01. The third kappa shape index (κ3) is 4.73. The van der Waals surface area contributed by atoms with Crippen LogP contribution in [0.2, 0.25) is 0 Å². The Kier molecular flexibility index (Phi) is 5.55. The Labute approximate surface area is 145 Å². The number of nitrogens with zero attached hydrogens (tertiary/aromatic N) is 1. The number of aliphatic carboxylic acids is 1. The highest BCUT2D eigenvalue weighted by Crippen LogP contribution is 2.32. The van der Waals surface area contributed by atoms with E-state index in [1.54, 1.807) is 18.2 Å². The predicted molar refractivity (Wildman–Crippen MR) is 89.4 cm³/mol. The van der Waals surface area contributed by atoms with Crippen LogP contribution in [0.3, 0.4) is 0 Å². The summed E-state index contributed by atoms with van der Waals surface area (Å²) >= 11 is 0. The molecule has 7 heteroatoms. The Morgan fingerprint density at radius 1 is 1.28 bits per heavy atom. The predicted octanol–water partition coefficient (Wildman–Crippen LogP) is 1.91. The molecule has 1 amide bonds. The highest BCUT2D eigenvalue weighted by molar-refractivity contribution is 5.92. The van der Waals surface area contributed by atoms with Crippen LogP contribution in [0.5, 0.6) is 11.5 Å². The Hall–Kier alpha value is -2.54. The maximum atomic E-state index is 12.5. The summed E-state index contributed by atoms with van der Waals surface area (Å²) in [6.45, 7) is 1.47. The number of hydrogen-bond donors (Lipinski definition) is 1. The molecule has 1 N–H and O–H groups in total. The van der Waals surface area contributed by atoms with Crippen LogP contribution in [-0.2, 0) is 14.3 Å². The van der Waals surface area contributed by atoms with Gasteiger partial charge in [0.15, 0.2) is 11.5 Å². The molecule has 134 valence electrons. The molecule has 0 spiro atoms. The van der Waals surface area contributed by atoms with Gasteiger partial charge in [-0.25, -0.2) is 0 Å². The van der Waals surface area contributed by atoms with E-state index in [4.69, 9.17) is 19.3 Å². The molecule has 7 nitrogen and oxygen atoms in total. The van der Waals surface area contributed by atoms with Gasteiger partial charge in [-0.15, -0.1) is 0 Å². The molecule has 2 aliphatic rings. The molecular weight excluding hydrogens is 326 g/mol. The van der Waals surface area contributed by atoms with Gasteiger partial charge in [0.05, 0.1) is 12.5 Å². The number of fused-ring (bicyclic) bond motifs is 1. The molecule has 3 rings (SSSR count). The van der Waals surface area contributed by atoms with Crippen LogP contribution < -0.4 is 9.47 Å². The molecule has 1 saturated heterocycles. The van der Waals surface area contributed by atoms with E-state index < -0.39 is 5.97 Å². The quantitative estimate of drug-likeness (QED) is 0.759. The summed E-state index contributed by atoms with van der Waals surface area (Å²) in [4.78, 5) is 24.9. The van der Waals surface area contributed by atoms with Crippen molar-refractivity contribution in [3.8, 4) is 11.5 Å². The molecule has 25 heavy (non-hydrogen) atoms. The third-order valence-electron chi connectivity index (χ3n) is 4.17. The number of benzene rings is 1. The molecule has 2 aliphatic heterocycles. The first kappa shape index (κ1) is 17.3. The van der Waals surface area contributed by atoms with Crippen LogP contribution in [0.25, 0.3) is 6.08 Å². The molecule has 1 aromatic carbocycles. The van der Waals surface area contributed by atoms with Crippen molar-refractivity contribution >= 4 is 18.0 Å². The van der Waals surface area contributed by atoms with Crippen LogP contribution in [0, 0.1) is 0 Å². The summed E-state index contributed by atoms with van der Waals surface area (Å²) < 4.78 is 16.1. The van der Waals surface area contributed by atoms with E-state index in [1.165, 1.54) is 11.0 Å². The van der Waals surface area contributed by atoms with Crippen molar-refractivity contribution in [2.45, 2.75) is 25.4 Å². The molecule has 0 saturated carbocycles. The summed E-state index contributed by atoms with van der Waals surface area (Å²) in [5.74, 6) is 0.181. The molecule has 2 heterocycles. The number of carbonyl (C=O) groups excluding carboxylic acids is 1. The van der Waals surface area contributed by atoms with E-state index in [-0.39, 0.29) is 31.8 Å². The molecule has 1 atom stereocenters. The minimum Gasteiger partial charge on any atom is -0.481 e. The van der Waals surface area contributed by atoms with Gasteiger partial charge < -0.3 is 24.2 Å². The van der Waals surface area contributed by atoms with E-state index in [0.29, 0.717) is 24.7 Å². The van der Waals surface area contributed by atoms with E-state index in [9.17, 15) is 9.59 Å². The maximum absolute atomic E-state index is 12.5. The minimum absolute atomic E-state index is 0.0170. The summed E-state index contributed by atoms with van der Waals surface area (Å²) in [6, 6.07) is 5.42.